The summed E-state index contributed by atoms with van der Waals surface area (Å²) in [5, 5.41) is 5.61. The SMILES string of the molecule is CC1(F)CCC(n2ncc3c(=O)[nH]c([C@H]4CC[C@@H]4c4cn5ccc(Cl)cc5n4)nc32)CC1. The van der Waals surface area contributed by atoms with Gasteiger partial charge in [-0.3, -0.25) is 4.79 Å². The molecule has 0 bridgehead atoms. The third-order valence-corrected chi connectivity index (χ3v) is 7.51. The molecule has 0 amide bonds. The molecular weight excluding hydrogens is 431 g/mol. The summed E-state index contributed by atoms with van der Waals surface area (Å²) in [7, 11) is 0. The maximum absolute atomic E-state index is 14.3. The Bertz CT molecular complexity index is 1380. The molecule has 4 aromatic heterocycles. The van der Waals surface area contributed by atoms with Gasteiger partial charge in [-0.1, -0.05) is 11.6 Å². The third kappa shape index (κ3) is 3.23. The summed E-state index contributed by atoms with van der Waals surface area (Å²) in [6.45, 7) is 1.66. The standard InChI is InChI=1S/C23H24ClFN6O/c1-23(25)7-4-14(5-8-23)31-21-17(11-26-31)22(32)29-20(28-21)16-3-2-15(16)18-12-30-9-6-13(24)10-19(30)27-18/h6,9-12,14-16H,2-5,7-8H2,1H3,(H,28,29,32)/t14?,15-,16-,23?/m0/s1. The average molecular weight is 455 g/mol. The van der Waals surface area contributed by atoms with E-state index in [1.54, 1.807) is 13.1 Å². The van der Waals surface area contributed by atoms with Crippen LogP contribution in [0.25, 0.3) is 16.7 Å². The Kier molecular flexibility index (Phi) is 4.44. The highest BCUT2D eigenvalue weighted by atomic mass is 35.5. The lowest BCUT2D eigenvalue weighted by atomic mass is 9.71. The Labute approximate surface area is 188 Å². The summed E-state index contributed by atoms with van der Waals surface area (Å²) < 4.78 is 18.1. The maximum Gasteiger partial charge on any atom is 0.262 e. The highest BCUT2D eigenvalue weighted by Crippen LogP contribution is 2.47. The lowest BCUT2D eigenvalue weighted by molar-refractivity contribution is 0.103. The monoisotopic (exact) mass is 454 g/mol. The second-order valence-electron chi connectivity index (χ2n) is 9.49. The number of imidazole rings is 1. The van der Waals surface area contributed by atoms with Crippen molar-refractivity contribution in [2.45, 2.75) is 69.0 Å². The molecule has 2 fully saturated rings. The number of halogens is 2. The summed E-state index contributed by atoms with van der Waals surface area (Å²) in [6.07, 6.45) is 9.82. The zero-order chi connectivity index (χ0) is 22.0. The van der Waals surface area contributed by atoms with Crippen molar-refractivity contribution >= 4 is 28.3 Å². The van der Waals surface area contributed by atoms with Gasteiger partial charge in [0.2, 0.25) is 0 Å². The smallest absolute Gasteiger partial charge is 0.262 e. The number of hydrogen-bond donors (Lipinski definition) is 1. The van der Waals surface area contributed by atoms with Gasteiger partial charge < -0.3 is 9.38 Å². The van der Waals surface area contributed by atoms with Gasteiger partial charge >= 0.3 is 0 Å². The Balaban J connectivity index is 1.34. The van der Waals surface area contributed by atoms with E-state index >= 15 is 0 Å². The number of rotatable bonds is 3. The minimum Gasteiger partial charge on any atom is -0.310 e. The van der Waals surface area contributed by atoms with E-state index in [9.17, 15) is 9.18 Å². The van der Waals surface area contributed by atoms with Crippen LogP contribution >= 0.6 is 11.6 Å². The molecule has 0 unspecified atom stereocenters. The zero-order valence-corrected chi connectivity index (χ0v) is 18.5. The molecule has 2 aliphatic rings. The Morgan fingerprint density at radius 1 is 1.19 bits per heavy atom. The normalized spacial score (nSPS) is 28.3. The van der Waals surface area contributed by atoms with Crippen LogP contribution in [0.2, 0.25) is 5.02 Å². The van der Waals surface area contributed by atoms with Crippen molar-refractivity contribution in [1.82, 2.24) is 29.1 Å². The molecule has 6 rings (SSSR count). The molecule has 1 N–H and O–H groups in total. The van der Waals surface area contributed by atoms with Gasteiger partial charge in [-0.15, -0.1) is 0 Å². The van der Waals surface area contributed by atoms with Crippen LogP contribution in [0, 0.1) is 0 Å². The Hall–Kier alpha value is -2.74. The Morgan fingerprint density at radius 3 is 2.72 bits per heavy atom. The number of alkyl halides is 1. The highest BCUT2D eigenvalue weighted by molar-refractivity contribution is 6.30. The second kappa shape index (κ2) is 7.13. The summed E-state index contributed by atoms with van der Waals surface area (Å²) in [5.74, 6) is 0.964. The lowest BCUT2D eigenvalue weighted by Gasteiger charge is -2.34. The van der Waals surface area contributed by atoms with Gasteiger partial charge in [0.25, 0.3) is 5.56 Å². The molecule has 2 saturated carbocycles. The van der Waals surface area contributed by atoms with Crippen molar-refractivity contribution < 1.29 is 4.39 Å². The largest absolute Gasteiger partial charge is 0.310 e. The van der Waals surface area contributed by atoms with Crippen LogP contribution in [0.5, 0.6) is 0 Å². The first kappa shape index (κ1) is 19.9. The fourth-order valence-corrected chi connectivity index (χ4v) is 5.34. The number of aromatic nitrogens is 6. The summed E-state index contributed by atoms with van der Waals surface area (Å²) in [4.78, 5) is 25.4. The number of H-pyrrole nitrogens is 1. The fourth-order valence-electron chi connectivity index (χ4n) is 5.18. The van der Waals surface area contributed by atoms with Crippen LogP contribution in [-0.4, -0.2) is 34.8 Å². The average Bonchev–Trinajstić information content (AvgIpc) is 3.31. The van der Waals surface area contributed by atoms with E-state index in [-0.39, 0.29) is 23.4 Å². The molecule has 9 heteroatoms. The van der Waals surface area contributed by atoms with Gasteiger partial charge in [-0.25, -0.2) is 19.0 Å². The quantitative estimate of drug-likeness (QED) is 0.476. The molecule has 32 heavy (non-hydrogen) atoms. The minimum atomic E-state index is -1.12. The molecule has 0 aliphatic heterocycles. The summed E-state index contributed by atoms with van der Waals surface area (Å²) in [6, 6.07) is 3.75. The topological polar surface area (TPSA) is 80.9 Å². The predicted molar refractivity (Wildman–Crippen MR) is 120 cm³/mol. The zero-order valence-electron chi connectivity index (χ0n) is 17.8. The molecule has 0 aromatic carbocycles. The van der Waals surface area contributed by atoms with Crippen molar-refractivity contribution in [3.63, 3.8) is 0 Å². The van der Waals surface area contributed by atoms with Crippen molar-refractivity contribution in [2.75, 3.05) is 0 Å². The van der Waals surface area contributed by atoms with Crippen LogP contribution in [0.4, 0.5) is 4.39 Å². The van der Waals surface area contributed by atoms with E-state index in [1.165, 1.54) is 0 Å². The number of nitrogens with zero attached hydrogens (tertiary/aromatic N) is 5. The number of aromatic amines is 1. The van der Waals surface area contributed by atoms with Gasteiger partial charge in [-0.2, -0.15) is 5.10 Å². The molecular formula is C23H24ClFN6O. The van der Waals surface area contributed by atoms with Crippen LogP contribution in [0.15, 0.2) is 35.5 Å². The van der Waals surface area contributed by atoms with Gasteiger partial charge in [0.05, 0.1) is 17.9 Å². The molecule has 2 atom stereocenters. The van der Waals surface area contributed by atoms with E-state index in [0.717, 1.165) is 24.2 Å². The van der Waals surface area contributed by atoms with Crippen molar-refractivity contribution in [1.29, 1.82) is 0 Å². The number of hydrogen-bond acceptors (Lipinski definition) is 4. The molecule has 4 heterocycles. The van der Waals surface area contributed by atoms with E-state index in [2.05, 4.69) is 10.1 Å². The van der Waals surface area contributed by atoms with Gasteiger partial charge in [0.15, 0.2) is 5.65 Å². The van der Waals surface area contributed by atoms with E-state index < -0.39 is 5.67 Å². The molecule has 166 valence electrons. The third-order valence-electron chi connectivity index (χ3n) is 7.27. The van der Waals surface area contributed by atoms with Gasteiger partial charge in [0, 0.05) is 29.3 Å². The van der Waals surface area contributed by atoms with Crippen molar-refractivity contribution in [3.05, 3.63) is 57.6 Å². The molecule has 2 aliphatic carbocycles. The number of nitrogens with one attached hydrogen (secondary N) is 1. The molecule has 7 nitrogen and oxygen atoms in total. The van der Waals surface area contributed by atoms with E-state index in [1.807, 2.05) is 33.6 Å². The van der Waals surface area contributed by atoms with E-state index in [4.69, 9.17) is 21.6 Å². The number of pyridine rings is 1. The van der Waals surface area contributed by atoms with Crippen LogP contribution < -0.4 is 5.56 Å². The van der Waals surface area contributed by atoms with Crippen LogP contribution in [0.1, 0.15) is 74.8 Å². The summed E-state index contributed by atoms with van der Waals surface area (Å²) in [5.41, 5.74) is 1.10. The molecule has 0 radical (unpaired) electrons. The van der Waals surface area contributed by atoms with Crippen molar-refractivity contribution in [2.24, 2.45) is 0 Å². The molecule has 0 spiro atoms. The molecule has 0 saturated heterocycles. The molecule has 4 aromatic rings. The van der Waals surface area contributed by atoms with Crippen LogP contribution in [-0.2, 0) is 0 Å². The van der Waals surface area contributed by atoms with Crippen molar-refractivity contribution in [3.8, 4) is 0 Å². The summed E-state index contributed by atoms with van der Waals surface area (Å²) >= 11 is 6.10. The Morgan fingerprint density at radius 2 is 1.97 bits per heavy atom. The lowest BCUT2D eigenvalue weighted by Crippen LogP contribution is -2.29. The van der Waals surface area contributed by atoms with Gasteiger partial charge in [0.1, 0.15) is 22.5 Å². The first-order chi connectivity index (χ1) is 15.4. The first-order valence-electron chi connectivity index (χ1n) is 11.2. The van der Waals surface area contributed by atoms with Gasteiger partial charge in [-0.05, 0) is 57.6 Å². The fraction of sp³-hybridized carbons (Fsp3) is 0.478. The predicted octanol–water partition coefficient (Wildman–Crippen LogP) is 4.93. The van der Waals surface area contributed by atoms with Crippen LogP contribution in [0.3, 0.4) is 0 Å². The second-order valence-corrected chi connectivity index (χ2v) is 9.93. The van der Waals surface area contributed by atoms with E-state index in [0.29, 0.717) is 47.6 Å². The first-order valence-corrected chi connectivity index (χ1v) is 11.6. The maximum atomic E-state index is 14.3. The number of fused-ring (bicyclic) bond motifs is 2. The minimum absolute atomic E-state index is 0.0684. The highest BCUT2D eigenvalue weighted by Gasteiger charge is 2.38.